The number of carbonyl (C=O) groups excluding carboxylic acids is 1. The molecule has 1 unspecified atom stereocenters. The first-order valence-electron chi connectivity index (χ1n) is 4.94. The van der Waals surface area contributed by atoms with Crippen LogP contribution >= 0.6 is 0 Å². The number of carbonyl (C=O) groups is 1. The molecule has 0 fully saturated rings. The quantitative estimate of drug-likeness (QED) is 0.730. The summed E-state index contributed by atoms with van der Waals surface area (Å²) in [5.41, 5.74) is 7.65. The van der Waals surface area contributed by atoms with Crippen molar-refractivity contribution in [1.29, 1.82) is 0 Å². The molecule has 1 heterocycles. The summed E-state index contributed by atoms with van der Waals surface area (Å²) < 4.78 is 5.19. The predicted octanol–water partition coefficient (Wildman–Crippen LogP) is 1.43. The molecule has 0 aromatic heterocycles. The highest BCUT2D eigenvalue weighted by molar-refractivity contribution is 5.94. The number of nitrogens with two attached hydrogens (primary N) is 1. The summed E-state index contributed by atoms with van der Waals surface area (Å²) in [6.07, 6.45) is 1.13. The highest BCUT2D eigenvalue weighted by Crippen LogP contribution is 2.35. The second-order valence-electron chi connectivity index (χ2n) is 3.62. The summed E-state index contributed by atoms with van der Waals surface area (Å²) in [5, 5.41) is 2.83. The van der Waals surface area contributed by atoms with Gasteiger partial charge in [-0.2, -0.15) is 0 Å². The van der Waals surface area contributed by atoms with Gasteiger partial charge in [-0.05, 0) is 18.1 Å². The van der Waals surface area contributed by atoms with E-state index in [9.17, 15) is 4.79 Å². The molecule has 1 amide bonds. The third-order valence-electron chi connectivity index (χ3n) is 2.62. The molecule has 1 aromatic rings. The summed E-state index contributed by atoms with van der Waals surface area (Å²) in [7, 11) is 1.58. The number of para-hydroxylation sites is 1. The van der Waals surface area contributed by atoms with Gasteiger partial charge in [0.25, 0.3) is 0 Å². The number of benzene rings is 1. The molecular formula is C11H14N2O2. The molecule has 0 spiro atoms. The van der Waals surface area contributed by atoms with Gasteiger partial charge in [0.05, 0.1) is 12.8 Å². The fourth-order valence-electron chi connectivity index (χ4n) is 1.80. The van der Waals surface area contributed by atoms with Gasteiger partial charge >= 0.3 is 0 Å². The van der Waals surface area contributed by atoms with Crippen LogP contribution in [0.15, 0.2) is 18.2 Å². The van der Waals surface area contributed by atoms with E-state index < -0.39 is 0 Å². The molecule has 15 heavy (non-hydrogen) atoms. The Hall–Kier alpha value is -1.55. The van der Waals surface area contributed by atoms with E-state index in [1.165, 1.54) is 0 Å². The van der Waals surface area contributed by atoms with Gasteiger partial charge in [-0.3, -0.25) is 4.79 Å². The van der Waals surface area contributed by atoms with Crippen LogP contribution in [0.1, 0.15) is 24.4 Å². The fraction of sp³-hybridized carbons (Fsp3) is 0.364. The lowest BCUT2D eigenvalue weighted by Gasteiger charge is -2.14. The largest absolute Gasteiger partial charge is 0.495 e. The van der Waals surface area contributed by atoms with Crippen molar-refractivity contribution in [2.45, 2.75) is 18.9 Å². The lowest BCUT2D eigenvalue weighted by atomic mass is 10.0. The van der Waals surface area contributed by atoms with Crippen LogP contribution in [0.25, 0.3) is 0 Å². The molecule has 0 aliphatic carbocycles. The average Bonchev–Trinajstić information content (AvgIpc) is 2.39. The number of methoxy groups -OCH3 is 1. The van der Waals surface area contributed by atoms with Gasteiger partial charge in [-0.1, -0.05) is 12.1 Å². The average molecular weight is 206 g/mol. The number of hydrogen-bond acceptors (Lipinski definition) is 3. The number of fused-ring (bicyclic) bond motifs is 1. The smallest absolute Gasteiger partial charge is 0.224 e. The molecule has 2 rings (SSSR count). The lowest BCUT2D eigenvalue weighted by molar-refractivity contribution is -0.116. The van der Waals surface area contributed by atoms with Gasteiger partial charge in [-0.25, -0.2) is 0 Å². The van der Waals surface area contributed by atoms with E-state index >= 15 is 0 Å². The number of hydrogen-bond donors (Lipinski definition) is 2. The summed E-state index contributed by atoms with van der Waals surface area (Å²) in [4.78, 5) is 11.4. The van der Waals surface area contributed by atoms with Crippen LogP contribution in [0.2, 0.25) is 0 Å². The normalized spacial score (nSPS) is 20.1. The van der Waals surface area contributed by atoms with Crippen molar-refractivity contribution in [2.75, 3.05) is 12.4 Å². The van der Waals surface area contributed by atoms with Gasteiger partial charge in [0.2, 0.25) is 5.91 Å². The zero-order valence-electron chi connectivity index (χ0n) is 8.62. The van der Waals surface area contributed by atoms with Crippen LogP contribution in [0.4, 0.5) is 5.69 Å². The summed E-state index contributed by atoms with van der Waals surface area (Å²) >= 11 is 0. The molecule has 1 atom stereocenters. The van der Waals surface area contributed by atoms with Gasteiger partial charge in [0.15, 0.2) is 0 Å². The molecule has 0 radical (unpaired) electrons. The minimum Gasteiger partial charge on any atom is -0.495 e. The van der Waals surface area contributed by atoms with E-state index in [0.29, 0.717) is 18.6 Å². The monoisotopic (exact) mass is 206 g/mol. The highest BCUT2D eigenvalue weighted by Gasteiger charge is 2.21. The second-order valence-corrected chi connectivity index (χ2v) is 3.62. The first kappa shape index (κ1) is 9.98. The minimum atomic E-state index is -0.103. The van der Waals surface area contributed by atoms with Crippen molar-refractivity contribution >= 4 is 11.6 Å². The van der Waals surface area contributed by atoms with E-state index in [1.54, 1.807) is 7.11 Å². The maximum absolute atomic E-state index is 11.4. The number of nitrogens with one attached hydrogen (secondary N) is 1. The molecule has 80 valence electrons. The Morgan fingerprint density at radius 2 is 2.33 bits per heavy atom. The Morgan fingerprint density at radius 3 is 3.07 bits per heavy atom. The molecule has 0 saturated heterocycles. The van der Waals surface area contributed by atoms with Crippen molar-refractivity contribution in [2.24, 2.45) is 5.73 Å². The van der Waals surface area contributed by atoms with Crippen LogP contribution in [0, 0.1) is 0 Å². The Balaban J connectivity index is 2.51. The van der Waals surface area contributed by atoms with Crippen molar-refractivity contribution < 1.29 is 9.53 Å². The van der Waals surface area contributed by atoms with Crippen molar-refractivity contribution in [1.82, 2.24) is 0 Å². The molecule has 4 nitrogen and oxygen atoms in total. The molecule has 1 aliphatic rings. The van der Waals surface area contributed by atoms with E-state index in [2.05, 4.69) is 5.32 Å². The lowest BCUT2D eigenvalue weighted by Crippen LogP contribution is -2.10. The van der Waals surface area contributed by atoms with Crippen molar-refractivity contribution in [3.63, 3.8) is 0 Å². The maximum atomic E-state index is 11.4. The predicted molar refractivity (Wildman–Crippen MR) is 57.8 cm³/mol. The zero-order chi connectivity index (χ0) is 10.8. The SMILES string of the molecule is COc1cccc2c1NC(=O)CCC2N. The zero-order valence-corrected chi connectivity index (χ0v) is 8.62. The van der Waals surface area contributed by atoms with E-state index in [4.69, 9.17) is 10.5 Å². The third kappa shape index (κ3) is 1.80. The molecule has 1 aromatic carbocycles. The standard InChI is InChI=1S/C11H14N2O2/c1-15-9-4-2-3-7-8(12)5-6-10(14)13-11(7)9/h2-4,8H,5-6,12H2,1H3,(H,13,14). The Kier molecular flexibility index (Phi) is 2.60. The summed E-state index contributed by atoms with van der Waals surface area (Å²) in [5.74, 6) is 0.659. The fourth-order valence-corrected chi connectivity index (χ4v) is 1.80. The molecule has 3 N–H and O–H groups in total. The minimum absolute atomic E-state index is 0.00583. The number of rotatable bonds is 1. The Labute approximate surface area is 88.4 Å². The summed E-state index contributed by atoms with van der Waals surface area (Å²) in [6.45, 7) is 0. The van der Waals surface area contributed by atoms with Gasteiger partial charge < -0.3 is 15.8 Å². The number of ether oxygens (including phenoxy) is 1. The maximum Gasteiger partial charge on any atom is 0.224 e. The van der Waals surface area contributed by atoms with E-state index in [-0.39, 0.29) is 11.9 Å². The molecule has 0 bridgehead atoms. The van der Waals surface area contributed by atoms with Gasteiger partial charge in [0, 0.05) is 12.5 Å². The topological polar surface area (TPSA) is 64.3 Å². The van der Waals surface area contributed by atoms with Crippen molar-refractivity contribution in [3.8, 4) is 5.75 Å². The highest BCUT2D eigenvalue weighted by atomic mass is 16.5. The number of amides is 1. The van der Waals surface area contributed by atoms with Gasteiger partial charge in [-0.15, -0.1) is 0 Å². The molecular weight excluding hydrogens is 192 g/mol. The molecule has 0 saturated carbocycles. The van der Waals surface area contributed by atoms with E-state index in [1.807, 2.05) is 18.2 Å². The first-order valence-corrected chi connectivity index (χ1v) is 4.94. The van der Waals surface area contributed by atoms with Crippen LogP contribution in [0.3, 0.4) is 0 Å². The molecule has 1 aliphatic heterocycles. The van der Waals surface area contributed by atoms with E-state index in [0.717, 1.165) is 11.3 Å². The Morgan fingerprint density at radius 1 is 1.53 bits per heavy atom. The van der Waals surface area contributed by atoms with Crippen LogP contribution in [-0.4, -0.2) is 13.0 Å². The van der Waals surface area contributed by atoms with Crippen molar-refractivity contribution in [3.05, 3.63) is 23.8 Å². The van der Waals surface area contributed by atoms with Gasteiger partial charge in [0.1, 0.15) is 5.75 Å². The second kappa shape index (κ2) is 3.90. The molecule has 4 heteroatoms. The number of anilines is 1. The van der Waals surface area contributed by atoms with Crippen LogP contribution in [-0.2, 0) is 4.79 Å². The van der Waals surface area contributed by atoms with Crippen LogP contribution < -0.4 is 15.8 Å². The Bertz CT molecular complexity index is 390. The third-order valence-corrected chi connectivity index (χ3v) is 2.62. The van der Waals surface area contributed by atoms with Crippen LogP contribution in [0.5, 0.6) is 5.75 Å². The first-order chi connectivity index (χ1) is 7.22. The summed E-state index contributed by atoms with van der Waals surface area (Å²) in [6, 6.07) is 5.52.